The van der Waals surface area contributed by atoms with Gasteiger partial charge in [0, 0.05) is 17.0 Å². The molecule has 8 heteroatoms. The molecule has 0 aliphatic carbocycles. The minimum atomic E-state index is -0.201. The number of nitrogens with zero attached hydrogens (tertiary/aromatic N) is 3. The van der Waals surface area contributed by atoms with Crippen molar-refractivity contribution in [2.24, 2.45) is 0 Å². The highest BCUT2D eigenvalue weighted by Crippen LogP contribution is 2.29. The third-order valence-electron chi connectivity index (χ3n) is 3.53. The zero-order valence-electron chi connectivity index (χ0n) is 13.9. The number of amides is 1. The largest absolute Gasteiger partial charge is 0.296 e. The molecule has 0 aliphatic rings. The summed E-state index contributed by atoms with van der Waals surface area (Å²) in [5.41, 5.74) is 1.64. The second-order valence-corrected chi connectivity index (χ2v) is 8.00. The Morgan fingerprint density at radius 2 is 1.96 bits per heavy atom. The third-order valence-corrected chi connectivity index (χ3v) is 5.88. The summed E-state index contributed by atoms with van der Waals surface area (Å²) in [5.74, 6) is -0.201. The Hall–Kier alpha value is -1.83. The molecule has 0 aliphatic heterocycles. The first-order valence-electron chi connectivity index (χ1n) is 7.94. The van der Waals surface area contributed by atoms with E-state index in [0.29, 0.717) is 20.7 Å². The van der Waals surface area contributed by atoms with Gasteiger partial charge in [-0.25, -0.2) is 4.98 Å². The van der Waals surface area contributed by atoms with E-state index in [4.69, 9.17) is 11.6 Å². The lowest BCUT2D eigenvalue weighted by molar-refractivity contribution is 0.102. The van der Waals surface area contributed by atoms with Crippen LogP contribution in [0.25, 0.3) is 10.6 Å². The number of hydrogen-bond acceptors (Lipinski definition) is 6. The van der Waals surface area contributed by atoms with Gasteiger partial charge in [-0.2, -0.15) is 0 Å². The minimum absolute atomic E-state index is 0.201. The lowest BCUT2D eigenvalue weighted by atomic mass is 10.2. The van der Waals surface area contributed by atoms with E-state index in [1.807, 2.05) is 31.2 Å². The van der Waals surface area contributed by atoms with Crippen molar-refractivity contribution in [3.8, 4) is 10.6 Å². The van der Waals surface area contributed by atoms with Gasteiger partial charge in [-0.05, 0) is 25.5 Å². The zero-order chi connectivity index (χ0) is 17.8. The fraction of sp³-hybridized carbons (Fsp3) is 0.294. The molecule has 0 saturated heterocycles. The van der Waals surface area contributed by atoms with Gasteiger partial charge in [0.1, 0.15) is 14.9 Å². The van der Waals surface area contributed by atoms with Crippen LogP contribution in [0.2, 0.25) is 5.02 Å². The number of anilines is 1. The molecule has 0 atom stereocenters. The summed E-state index contributed by atoms with van der Waals surface area (Å²) in [5, 5.41) is 13.9. The molecule has 0 bridgehead atoms. The number of unbranched alkanes of at least 4 members (excludes halogenated alkanes) is 1. The molecule has 0 fully saturated rings. The number of carbonyl (C=O) groups excluding carboxylic acids is 1. The van der Waals surface area contributed by atoms with Crippen molar-refractivity contribution < 1.29 is 4.79 Å². The first kappa shape index (κ1) is 18.0. The topological polar surface area (TPSA) is 67.8 Å². The van der Waals surface area contributed by atoms with Crippen LogP contribution in [0.5, 0.6) is 0 Å². The average molecular weight is 393 g/mol. The van der Waals surface area contributed by atoms with Gasteiger partial charge in [0.05, 0.1) is 5.69 Å². The van der Waals surface area contributed by atoms with Crippen molar-refractivity contribution in [3.63, 3.8) is 0 Å². The highest BCUT2D eigenvalue weighted by molar-refractivity contribution is 7.17. The normalized spacial score (nSPS) is 10.8. The van der Waals surface area contributed by atoms with Crippen LogP contribution in [0.1, 0.15) is 40.1 Å². The van der Waals surface area contributed by atoms with Gasteiger partial charge in [-0.1, -0.05) is 48.4 Å². The first-order chi connectivity index (χ1) is 12.1. The van der Waals surface area contributed by atoms with E-state index in [1.54, 1.807) is 0 Å². The molecule has 5 nitrogen and oxygen atoms in total. The molecule has 1 aromatic carbocycles. The molecule has 1 amide bonds. The molecule has 25 heavy (non-hydrogen) atoms. The molecule has 0 spiro atoms. The van der Waals surface area contributed by atoms with Crippen LogP contribution in [0.15, 0.2) is 24.3 Å². The van der Waals surface area contributed by atoms with E-state index in [2.05, 4.69) is 27.4 Å². The standard InChI is InChI=1S/C17H17ClN4OS2/c1-3-4-5-13-21-22-17(24-13)20-15(23)14-10(2)19-16(25-14)11-6-8-12(18)9-7-11/h6-9H,3-5H2,1-2H3,(H,20,22,23). The van der Waals surface area contributed by atoms with Crippen LogP contribution < -0.4 is 5.32 Å². The third kappa shape index (κ3) is 4.42. The van der Waals surface area contributed by atoms with E-state index >= 15 is 0 Å². The number of rotatable bonds is 6. The lowest BCUT2D eigenvalue weighted by Gasteiger charge is -1.98. The van der Waals surface area contributed by atoms with Gasteiger partial charge in [0.2, 0.25) is 5.13 Å². The number of aryl methyl sites for hydroxylation is 2. The van der Waals surface area contributed by atoms with Crippen molar-refractivity contribution in [2.45, 2.75) is 33.1 Å². The summed E-state index contributed by atoms with van der Waals surface area (Å²) in [6.07, 6.45) is 3.07. The van der Waals surface area contributed by atoms with Crippen LogP contribution in [-0.4, -0.2) is 21.1 Å². The van der Waals surface area contributed by atoms with Crippen molar-refractivity contribution in [3.05, 3.63) is 44.9 Å². The predicted octanol–water partition coefficient (Wildman–Crippen LogP) is 5.22. The van der Waals surface area contributed by atoms with Crippen LogP contribution >= 0.6 is 34.3 Å². The van der Waals surface area contributed by atoms with E-state index in [1.165, 1.54) is 22.7 Å². The summed E-state index contributed by atoms with van der Waals surface area (Å²) in [4.78, 5) is 17.6. The van der Waals surface area contributed by atoms with Crippen molar-refractivity contribution in [2.75, 3.05) is 5.32 Å². The highest BCUT2D eigenvalue weighted by Gasteiger charge is 2.18. The summed E-state index contributed by atoms with van der Waals surface area (Å²) >= 11 is 8.70. The number of aromatic nitrogens is 3. The number of halogens is 1. The van der Waals surface area contributed by atoms with Crippen LogP contribution in [-0.2, 0) is 6.42 Å². The monoisotopic (exact) mass is 392 g/mol. The summed E-state index contributed by atoms with van der Waals surface area (Å²) < 4.78 is 0. The number of hydrogen-bond donors (Lipinski definition) is 1. The zero-order valence-corrected chi connectivity index (χ0v) is 16.3. The van der Waals surface area contributed by atoms with Gasteiger partial charge < -0.3 is 0 Å². The summed E-state index contributed by atoms with van der Waals surface area (Å²) in [6.45, 7) is 3.96. The number of thiazole rings is 1. The summed E-state index contributed by atoms with van der Waals surface area (Å²) in [6, 6.07) is 7.42. The first-order valence-corrected chi connectivity index (χ1v) is 9.95. The molecule has 0 saturated carbocycles. The molecular formula is C17H17ClN4OS2. The van der Waals surface area contributed by atoms with E-state index in [0.717, 1.165) is 34.8 Å². The molecule has 3 aromatic rings. The second-order valence-electron chi connectivity index (χ2n) is 5.50. The van der Waals surface area contributed by atoms with Gasteiger partial charge >= 0.3 is 0 Å². The fourth-order valence-corrected chi connectivity index (χ4v) is 4.08. The molecule has 130 valence electrons. The van der Waals surface area contributed by atoms with Gasteiger partial charge in [0.25, 0.3) is 5.91 Å². The Morgan fingerprint density at radius 3 is 2.68 bits per heavy atom. The smallest absolute Gasteiger partial charge is 0.269 e. The Kier molecular flexibility index (Phi) is 5.78. The predicted molar refractivity (Wildman–Crippen MR) is 104 cm³/mol. The molecule has 2 heterocycles. The van der Waals surface area contributed by atoms with E-state index in [9.17, 15) is 4.79 Å². The SMILES string of the molecule is CCCCc1nnc(NC(=O)c2sc(-c3ccc(Cl)cc3)nc2C)s1. The lowest BCUT2D eigenvalue weighted by Crippen LogP contribution is -2.11. The molecular weight excluding hydrogens is 376 g/mol. The molecule has 0 radical (unpaired) electrons. The van der Waals surface area contributed by atoms with Crippen molar-refractivity contribution >= 4 is 45.3 Å². The number of carbonyl (C=O) groups is 1. The van der Waals surface area contributed by atoms with Crippen LogP contribution in [0.4, 0.5) is 5.13 Å². The average Bonchev–Trinajstić information content (AvgIpc) is 3.20. The molecule has 0 unspecified atom stereocenters. The number of nitrogens with one attached hydrogen (secondary N) is 1. The maximum atomic E-state index is 12.5. The van der Waals surface area contributed by atoms with Crippen molar-refractivity contribution in [1.29, 1.82) is 0 Å². The van der Waals surface area contributed by atoms with Gasteiger partial charge in [-0.15, -0.1) is 21.5 Å². The van der Waals surface area contributed by atoms with E-state index < -0.39 is 0 Å². The quantitative estimate of drug-likeness (QED) is 0.624. The Labute approximate surface area is 159 Å². The van der Waals surface area contributed by atoms with Crippen LogP contribution in [0.3, 0.4) is 0 Å². The second kappa shape index (κ2) is 8.03. The number of benzene rings is 1. The van der Waals surface area contributed by atoms with Crippen LogP contribution in [0, 0.1) is 6.92 Å². The van der Waals surface area contributed by atoms with Gasteiger partial charge in [-0.3, -0.25) is 10.1 Å². The van der Waals surface area contributed by atoms with Crippen molar-refractivity contribution in [1.82, 2.24) is 15.2 Å². The van der Waals surface area contributed by atoms with E-state index in [-0.39, 0.29) is 5.91 Å². The Bertz CT molecular complexity index is 873. The maximum absolute atomic E-state index is 12.5. The Balaban J connectivity index is 1.74. The maximum Gasteiger partial charge on any atom is 0.269 e. The molecule has 1 N–H and O–H groups in total. The Morgan fingerprint density at radius 1 is 1.20 bits per heavy atom. The highest BCUT2D eigenvalue weighted by atomic mass is 35.5. The molecule has 2 aromatic heterocycles. The minimum Gasteiger partial charge on any atom is -0.296 e. The molecule has 3 rings (SSSR count). The van der Waals surface area contributed by atoms with Gasteiger partial charge in [0.15, 0.2) is 0 Å². The fourth-order valence-electron chi connectivity index (χ4n) is 2.21. The summed E-state index contributed by atoms with van der Waals surface area (Å²) in [7, 11) is 0.